The van der Waals surface area contributed by atoms with Crippen molar-refractivity contribution in [2.75, 3.05) is 0 Å². The summed E-state index contributed by atoms with van der Waals surface area (Å²) in [5.41, 5.74) is 3.69. The summed E-state index contributed by atoms with van der Waals surface area (Å²) < 4.78 is 0. The highest BCUT2D eigenvalue weighted by Gasteiger charge is 2.16. The van der Waals surface area contributed by atoms with E-state index in [2.05, 4.69) is 27.5 Å². The average Bonchev–Trinajstić information content (AvgIpc) is 3.15. The molecular formula is C19H14N4O. The third-order valence-electron chi connectivity index (χ3n) is 4.04. The van der Waals surface area contributed by atoms with Gasteiger partial charge in [0.2, 0.25) is 0 Å². The number of nitrogens with zero attached hydrogens (tertiary/aromatic N) is 4. The predicted molar refractivity (Wildman–Crippen MR) is 94.5 cm³/mol. The molecule has 1 aromatic heterocycles. The number of benzene rings is 3. The van der Waals surface area contributed by atoms with Crippen LogP contribution in [0.4, 0.5) is 5.69 Å². The van der Waals surface area contributed by atoms with Gasteiger partial charge in [-0.1, -0.05) is 42.5 Å². The molecule has 0 amide bonds. The summed E-state index contributed by atoms with van der Waals surface area (Å²) in [5, 5.41) is 13.8. The zero-order chi connectivity index (χ0) is 16.5. The Morgan fingerprint density at radius 2 is 1.67 bits per heavy atom. The topological polar surface area (TPSA) is 60.1 Å². The third-order valence-corrected chi connectivity index (χ3v) is 4.04. The fourth-order valence-electron chi connectivity index (χ4n) is 3.01. The molecule has 0 aliphatic heterocycles. The van der Waals surface area contributed by atoms with E-state index in [0.717, 1.165) is 27.5 Å². The van der Waals surface area contributed by atoms with Gasteiger partial charge in [0.1, 0.15) is 11.4 Å². The highest BCUT2D eigenvalue weighted by atomic mass is 16.3. The van der Waals surface area contributed by atoms with Crippen molar-refractivity contribution >= 4 is 16.5 Å². The van der Waals surface area contributed by atoms with E-state index in [4.69, 9.17) is 0 Å². The van der Waals surface area contributed by atoms with E-state index in [1.807, 2.05) is 49.4 Å². The third kappa shape index (κ3) is 2.27. The second kappa shape index (κ2) is 5.70. The monoisotopic (exact) mass is 314 g/mol. The molecule has 5 nitrogen and oxygen atoms in total. The highest BCUT2D eigenvalue weighted by molar-refractivity contribution is 6.00. The van der Waals surface area contributed by atoms with Crippen LogP contribution in [0.1, 0.15) is 5.56 Å². The Morgan fingerprint density at radius 1 is 0.917 bits per heavy atom. The lowest BCUT2D eigenvalue weighted by atomic mass is 9.95. The molecule has 0 bridgehead atoms. The van der Waals surface area contributed by atoms with Crippen molar-refractivity contribution in [1.29, 1.82) is 0 Å². The maximum atomic E-state index is 11.6. The Kier molecular flexibility index (Phi) is 3.39. The van der Waals surface area contributed by atoms with E-state index < -0.39 is 0 Å². The molecule has 0 aliphatic carbocycles. The van der Waals surface area contributed by atoms with Gasteiger partial charge in [0, 0.05) is 5.56 Å². The van der Waals surface area contributed by atoms with Crippen molar-refractivity contribution < 1.29 is 0 Å². The van der Waals surface area contributed by atoms with Crippen LogP contribution < -0.4 is 0 Å². The van der Waals surface area contributed by atoms with Gasteiger partial charge in [-0.05, 0) is 46.1 Å². The summed E-state index contributed by atoms with van der Waals surface area (Å²) in [4.78, 5) is 13.1. The number of aryl methyl sites for hydroxylation is 1. The number of rotatable bonds is 3. The summed E-state index contributed by atoms with van der Waals surface area (Å²) in [7, 11) is 0. The van der Waals surface area contributed by atoms with Crippen molar-refractivity contribution in [2.24, 2.45) is 5.18 Å². The van der Waals surface area contributed by atoms with Crippen molar-refractivity contribution in [3.63, 3.8) is 0 Å². The molecule has 3 aromatic carbocycles. The molecule has 0 unspecified atom stereocenters. The SMILES string of the molecule is Cc1cc(-c2cccc3ccccc23)c(N=O)c(-n2nccn2)c1. The van der Waals surface area contributed by atoms with Crippen LogP contribution in [0.15, 0.2) is 72.2 Å². The van der Waals surface area contributed by atoms with Crippen LogP contribution in [-0.2, 0) is 0 Å². The molecule has 0 aliphatic rings. The lowest BCUT2D eigenvalue weighted by Gasteiger charge is -2.12. The number of hydrogen-bond donors (Lipinski definition) is 0. The summed E-state index contributed by atoms with van der Waals surface area (Å²) in [5.74, 6) is 0. The maximum Gasteiger partial charge on any atom is 0.143 e. The fourth-order valence-corrected chi connectivity index (χ4v) is 3.01. The largest absolute Gasteiger partial charge is 0.157 e. The molecule has 0 saturated heterocycles. The molecule has 0 spiro atoms. The van der Waals surface area contributed by atoms with Crippen LogP contribution in [0.5, 0.6) is 0 Å². The van der Waals surface area contributed by atoms with Gasteiger partial charge in [0.15, 0.2) is 0 Å². The minimum absolute atomic E-state index is 0.341. The van der Waals surface area contributed by atoms with Crippen LogP contribution in [-0.4, -0.2) is 15.0 Å². The number of nitroso groups, excluding NO2 is 1. The second-order valence-corrected chi connectivity index (χ2v) is 5.62. The van der Waals surface area contributed by atoms with E-state index in [9.17, 15) is 4.91 Å². The van der Waals surface area contributed by atoms with Crippen molar-refractivity contribution in [2.45, 2.75) is 6.92 Å². The Balaban J connectivity index is 2.06. The standard InChI is InChI=1S/C19H14N4O/c1-13-11-17(16-8-4-6-14-5-2-3-7-15(14)16)19(22-24)18(12-13)23-20-9-10-21-23/h2-12H,1H3. The summed E-state index contributed by atoms with van der Waals surface area (Å²) in [6.45, 7) is 1.98. The van der Waals surface area contributed by atoms with Crippen LogP contribution in [0, 0.1) is 11.8 Å². The molecule has 0 fully saturated rings. The highest BCUT2D eigenvalue weighted by Crippen LogP contribution is 2.39. The van der Waals surface area contributed by atoms with Crippen molar-refractivity contribution in [1.82, 2.24) is 15.0 Å². The minimum Gasteiger partial charge on any atom is -0.157 e. The Labute approximate surface area is 138 Å². The van der Waals surface area contributed by atoms with E-state index in [1.165, 1.54) is 4.80 Å². The smallest absolute Gasteiger partial charge is 0.143 e. The minimum atomic E-state index is 0.341. The molecule has 4 aromatic rings. The van der Waals surface area contributed by atoms with Crippen molar-refractivity contribution in [3.05, 3.63) is 77.5 Å². The first-order valence-corrected chi connectivity index (χ1v) is 7.61. The zero-order valence-corrected chi connectivity index (χ0v) is 13.0. The molecule has 1 heterocycles. The van der Waals surface area contributed by atoms with Gasteiger partial charge in [-0.3, -0.25) is 0 Å². The summed E-state index contributed by atoms with van der Waals surface area (Å²) in [6, 6.07) is 18.0. The number of aromatic nitrogens is 3. The van der Waals surface area contributed by atoms with E-state index in [-0.39, 0.29) is 0 Å². The van der Waals surface area contributed by atoms with Gasteiger partial charge in [-0.15, -0.1) is 9.70 Å². The molecule has 0 N–H and O–H groups in total. The van der Waals surface area contributed by atoms with Crippen molar-refractivity contribution in [3.8, 4) is 16.8 Å². The Morgan fingerprint density at radius 3 is 2.46 bits per heavy atom. The van der Waals surface area contributed by atoms with E-state index in [1.54, 1.807) is 12.4 Å². The molecule has 0 radical (unpaired) electrons. The lowest BCUT2D eigenvalue weighted by molar-refractivity contribution is 0.752. The Bertz CT molecular complexity index is 1030. The quantitative estimate of drug-likeness (QED) is 0.511. The van der Waals surface area contributed by atoms with Gasteiger partial charge < -0.3 is 0 Å². The molecule has 0 saturated carbocycles. The molecule has 116 valence electrons. The van der Waals surface area contributed by atoms with Gasteiger partial charge in [0.25, 0.3) is 0 Å². The summed E-state index contributed by atoms with van der Waals surface area (Å²) >= 11 is 0. The first kappa shape index (κ1) is 14.3. The normalized spacial score (nSPS) is 10.9. The summed E-state index contributed by atoms with van der Waals surface area (Å²) in [6.07, 6.45) is 3.16. The van der Waals surface area contributed by atoms with Crippen LogP contribution in [0.2, 0.25) is 0 Å². The predicted octanol–water partition coefficient (Wildman–Crippen LogP) is 4.79. The van der Waals surface area contributed by atoms with Crippen LogP contribution in [0.25, 0.3) is 27.6 Å². The van der Waals surface area contributed by atoms with E-state index >= 15 is 0 Å². The molecular weight excluding hydrogens is 300 g/mol. The van der Waals surface area contributed by atoms with Crippen LogP contribution in [0.3, 0.4) is 0 Å². The molecule has 24 heavy (non-hydrogen) atoms. The Hall–Kier alpha value is -3.34. The molecule has 5 heteroatoms. The molecule has 4 rings (SSSR count). The first-order chi connectivity index (χ1) is 11.8. The first-order valence-electron chi connectivity index (χ1n) is 7.61. The second-order valence-electron chi connectivity index (χ2n) is 5.62. The van der Waals surface area contributed by atoms with Gasteiger partial charge in [-0.25, -0.2) is 0 Å². The molecule has 0 atom stereocenters. The van der Waals surface area contributed by atoms with Gasteiger partial charge in [-0.2, -0.15) is 10.2 Å². The maximum absolute atomic E-state index is 11.6. The average molecular weight is 314 g/mol. The zero-order valence-electron chi connectivity index (χ0n) is 13.0. The van der Waals surface area contributed by atoms with Gasteiger partial charge in [0.05, 0.1) is 12.4 Å². The number of fused-ring (bicyclic) bond motifs is 1. The van der Waals surface area contributed by atoms with Gasteiger partial charge >= 0.3 is 0 Å². The van der Waals surface area contributed by atoms with E-state index in [0.29, 0.717) is 11.4 Å². The fraction of sp³-hybridized carbons (Fsp3) is 0.0526. The lowest BCUT2D eigenvalue weighted by Crippen LogP contribution is -2.00. The number of hydrogen-bond acceptors (Lipinski definition) is 4. The van der Waals surface area contributed by atoms with Crippen LogP contribution >= 0.6 is 0 Å².